The van der Waals surface area contributed by atoms with Crippen LogP contribution < -0.4 is 18.9 Å². The average Bonchev–Trinajstić information content (AvgIpc) is 1.93. The zero-order valence-electron chi connectivity index (χ0n) is 8.22. The van der Waals surface area contributed by atoms with Crippen LogP contribution in [0.15, 0.2) is 0 Å². The molecular weight excluding hydrogens is 138 g/mol. The van der Waals surface area contributed by atoms with Crippen molar-refractivity contribution in [3.8, 4) is 0 Å². The molecule has 3 rings (SSSR count). The molecule has 0 radical (unpaired) electrons. The molecule has 3 aliphatic carbocycles. The molecule has 0 saturated heterocycles. The summed E-state index contributed by atoms with van der Waals surface area (Å²) in [5.41, 5.74) is 0.726. The van der Waals surface area contributed by atoms with Gasteiger partial charge in [0.25, 0.3) is 0 Å². The van der Waals surface area contributed by atoms with Crippen LogP contribution in [-0.2, 0) is 0 Å². The van der Waals surface area contributed by atoms with Gasteiger partial charge < -0.3 is 0 Å². The smallest absolute Gasteiger partial charge is 0.172 e. The minimum atomic E-state index is 0. The largest absolute Gasteiger partial charge is 1.00 e. The molecule has 0 heterocycles. The van der Waals surface area contributed by atoms with Crippen molar-refractivity contribution in [1.29, 1.82) is 0 Å². The molecule has 3 fully saturated rings. The SMILES string of the molecule is [BH3-]C1CC2CC(C1C)C2(C)C.[Li+]. The van der Waals surface area contributed by atoms with E-state index in [1.807, 2.05) is 0 Å². The van der Waals surface area contributed by atoms with E-state index >= 15 is 0 Å². The molecule has 4 unspecified atom stereocenters. The molecule has 0 nitrogen and oxygen atoms in total. The van der Waals surface area contributed by atoms with Crippen molar-refractivity contribution in [2.45, 2.75) is 39.4 Å². The number of rotatable bonds is 0. The van der Waals surface area contributed by atoms with E-state index in [2.05, 4.69) is 20.8 Å². The molecule has 64 valence electrons. The molecule has 2 bridgehead atoms. The first kappa shape index (κ1) is 10.7. The minimum absolute atomic E-state index is 0. The maximum atomic E-state index is 2.51. The summed E-state index contributed by atoms with van der Waals surface area (Å²) in [7, 11) is 0.634. The normalized spacial score (nSPS) is 49.0. The summed E-state index contributed by atoms with van der Waals surface area (Å²) in [6.07, 6.45) is 3.17. The Morgan fingerprint density at radius 1 is 1.25 bits per heavy atom. The second-order valence-corrected chi connectivity index (χ2v) is 4.69. The van der Waals surface area contributed by atoms with Crippen LogP contribution in [0.4, 0.5) is 0 Å². The van der Waals surface area contributed by atoms with Gasteiger partial charge in [-0.1, -0.05) is 33.1 Å². The predicted octanol–water partition coefficient (Wildman–Crippen LogP) is -1.15. The van der Waals surface area contributed by atoms with Crippen molar-refractivity contribution in [2.24, 2.45) is 23.2 Å². The van der Waals surface area contributed by atoms with Crippen LogP contribution in [0.25, 0.3) is 0 Å². The summed E-state index contributed by atoms with van der Waals surface area (Å²) in [4.78, 5) is 0. The molecule has 0 amide bonds. The van der Waals surface area contributed by atoms with E-state index in [1.165, 1.54) is 5.82 Å². The van der Waals surface area contributed by atoms with Gasteiger partial charge in [0.05, 0.1) is 0 Å². The molecule has 2 heteroatoms. The van der Waals surface area contributed by atoms with Crippen molar-refractivity contribution >= 4 is 7.85 Å². The van der Waals surface area contributed by atoms with E-state index in [1.54, 1.807) is 12.8 Å². The molecule has 0 aromatic carbocycles. The Kier molecular flexibility index (Phi) is 2.78. The summed E-state index contributed by atoms with van der Waals surface area (Å²) in [6.45, 7) is 7.50. The molecule has 0 N–H and O–H groups in total. The van der Waals surface area contributed by atoms with Gasteiger partial charge in [-0.05, 0) is 31.5 Å². The van der Waals surface area contributed by atoms with Gasteiger partial charge in [0.1, 0.15) is 0 Å². The van der Waals surface area contributed by atoms with Crippen LogP contribution in [0.2, 0.25) is 5.82 Å². The van der Waals surface area contributed by atoms with Crippen molar-refractivity contribution in [2.75, 3.05) is 0 Å². The van der Waals surface area contributed by atoms with E-state index < -0.39 is 0 Å². The molecule has 3 aliphatic rings. The van der Waals surface area contributed by atoms with Crippen molar-refractivity contribution in [1.82, 2.24) is 0 Å². The summed E-state index contributed by atoms with van der Waals surface area (Å²) >= 11 is 0. The third-order valence-electron chi connectivity index (χ3n) is 3.97. The molecule has 0 aromatic rings. The molecular formula is C10H20BLi. The maximum absolute atomic E-state index is 2.51. The fourth-order valence-corrected chi connectivity index (χ4v) is 2.89. The topological polar surface area (TPSA) is 0 Å². The van der Waals surface area contributed by atoms with Crippen LogP contribution in [0, 0.1) is 23.2 Å². The standard InChI is InChI=1S/C10H20B.Li/c1-6-8-4-7(5-9(6)11)10(8,2)3;/h6-9H,4-5H2,1-3,11H3;/q-1;+1. The van der Waals surface area contributed by atoms with E-state index in [9.17, 15) is 0 Å². The van der Waals surface area contributed by atoms with Crippen LogP contribution in [0.5, 0.6) is 0 Å². The number of fused-ring (bicyclic) bond motifs is 2. The van der Waals surface area contributed by atoms with Crippen LogP contribution >= 0.6 is 0 Å². The summed E-state index contributed by atoms with van der Waals surface area (Å²) in [5.74, 6) is 4.55. The first-order valence-corrected chi connectivity index (χ1v) is 4.45. The van der Waals surface area contributed by atoms with E-state index in [0.717, 1.165) is 23.2 Å². The predicted molar refractivity (Wildman–Crippen MR) is 52.8 cm³/mol. The number of hydrogen-bond donors (Lipinski definition) is 0. The van der Waals surface area contributed by atoms with Crippen molar-refractivity contribution < 1.29 is 18.9 Å². The molecule has 0 aliphatic heterocycles. The Hall–Kier alpha value is 0.662. The van der Waals surface area contributed by atoms with E-state index in [-0.39, 0.29) is 18.9 Å². The van der Waals surface area contributed by atoms with E-state index in [4.69, 9.17) is 0 Å². The molecule has 0 spiro atoms. The maximum Gasteiger partial charge on any atom is 1.00 e. The van der Waals surface area contributed by atoms with E-state index in [0.29, 0.717) is 7.85 Å². The zero-order chi connectivity index (χ0) is 8.22. The Morgan fingerprint density at radius 3 is 2.17 bits per heavy atom. The van der Waals surface area contributed by atoms with Gasteiger partial charge in [0.2, 0.25) is 0 Å². The van der Waals surface area contributed by atoms with Crippen LogP contribution in [0.1, 0.15) is 33.6 Å². The summed E-state index contributed by atoms with van der Waals surface area (Å²) < 4.78 is 0. The van der Waals surface area contributed by atoms with Gasteiger partial charge in [-0.25, -0.2) is 0 Å². The van der Waals surface area contributed by atoms with Gasteiger partial charge in [0.15, 0.2) is 0 Å². The fourth-order valence-electron chi connectivity index (χ4n) is 2.89. The molecule has 3 saturated carbocycles. The van der Waals surface area contributed by atoms with Gasteiger partial charge >= 0.3 is 18.9 Å². The van der Waals surface area contributed by atoms with Gasteiger partial charge in [0, 0.05) is 0 Å². The Morgan fingerprint density at radius 2 is 1.83 bits per heavy atom. The first-order valence-electron chi connectivity index (χ1n) is 4.45. The molecule has 0 aromatic heterocycles. The van der Waals surface area contributed by atoms with Gasteiger partial charge in [-0.15, -0.1) is 0 Å². The van der Waals surface area contributed by atoms with Crippen LogP contribution in [0.3, 0.4) is 0 Å². The Bertz CT molecular complexity index is 179. The second-order valence-electron chi connectivity index (χ2n) is 4.69. The second kappa shape index (κ2) is 3.11. The fraction of sp³-hybridized carbons (Fsp3) is 1.00. The van der Waals surface area contributed by atoms with Crippen molar-refractivity contribution in [3.63, 3.8) is 0 Å². The third kappa shape index (κ3) is 1.21. The summed E-state index contributed by atoms with van der Waals surface area (Å²) in [5, 5.41) is 0. The summed E-state index contributed by atoms with van der Waals surface area (Å²) in [6, 6.07) is 0. The Labute approximate surface area is 89.5 Å². The van der Waals surface area contributed by atoms with Gasteiger partial charge in [-0.2, -0.15) is 5.82 Å². The van der Waals surface area contributed by atoms with Crippen molar-refractivity contribution in [3.05, 3.63) is 0 Å². The average molecular weight is 158 g/mol. The van der Waals surface area contributed by atoms with Crippen LogP contribution in [-0.4, -0.2) is 7.85 Å². The van der Waals surface area contributed by atoms with Gasteiger partial charge in [-0.3, -0.25) is 0 Å². The molecule has 4 atom stereocenters. The number of hydrogen-bond acceptors (Lipinski definition) is 0. The minimum Gasteiger partial charge on any atom is -0.172 e. The zero-order valence-corrected chi connectivity index (χ0v) is 8.22. The monoisotopic (exact) mass is 158 g/mol. The molecule has 12 heavy (non-hydrogen) atoms. The Balaban J connectivity index is 0.000000720. The first-order chi connectivity index (χ1) is 5.03. The quantitative estimate of drug-likeness (QED) is 0.390. The third-order valence-corrected chi connectivity index (χ3v) is 3.97.